The lowest BCUT2D eigenvalue weighted by molar-refractivity contribution is 0.0600. The summed E-state index contributed by atoms with van der Waals surface area (Å²) in [5, 5.41) is 0. The number of aryl methyl sites for hydroxylation is 1. The van der Waals surface area contributed by atoms with Gasteiger partial charge in [-0.15, -0.1) is 0 Å². The Hall–Kier alpha value is -2.16. The number of benzene rings is 1. The molecule has 1 aromatic carbocycles. The average molecular weight is 281 g/mol. The first-order valence-electron chi connectivity index (χ1n) is 7.35. The number of pyridine rings is 1. The molecular formula is C18H19NO2. The number of hydrogen-bond donors (Lipinski definition) is 0. The van der Waals surface area contributed by atoms with Gasteiger partial charge in [0.25, 0.3) is 0 Å². The Balaban J connectivity index is 1.76. The molecule has 1 unspecified atom stereocenters. The summed E-state index contributed by atoms with van der Waals surface area (Å²) in [7, 11) is 1.42. The van der Waals surface area contributed by atoms with Crippen LogP contribution in [0.25, 0.3) is 0 Å². The van der Waals surface area contributed by atoms with Crippen molar-refractivity contribution in [2.45, 2.75) is 25.7 Å². The van der Waals surface area contributed by atoms with Gasteiger partial charge in [0.15, 0.2) is 0 Å². The molecule has 0 spiro atoms. The van der Waals surface area contributed by atoms with Gasteiger partial charge in [0.1, 0.15) is 0 Å². The van der Waals surface area contributed by atoms with E-state index >= 15 is 0 Å². The molecule has 2 aromatic rings. The molecule has 3 heteroatoms. The lowest BCUT2D eigenvalue weighted by Gasteiger charge is -2.25. The van der Waals surface area contributed by atoms with Crippen molar-refractivity contribution >= 4 is 5.97 Å². The molecule has 0 bridgehead atoms. The number of nitrogens with zero attached hydrogens (tertiary/aromatic N) is 1. The Morgan fingerprint density at radius 3 is 2.81 bits per heavy atom. The molecule has 3 nitrogen and oxygen atoms in total. The topological polar surface area (TPSA) is 39.2 Å². The summed E-state index contributed by atoms with van der Waals surface area (Å²) in [5.41, 5.74) is 4.65. The first-order chi connectivity index (χ1) is 10.3. The molecule has 0 saturated heterocycles. The van der Waals surface area contributed by atoms with Gasteiger partial charge >= 0.3 is 5.97 Å². The number of methoxy groups -OCH3 is 1. The highest BCUT2D eigenvalue weighted by Crippen LogP contribution is 2.28. The maximum absolute atomic E-state index is 11.6. The quantitative estimate of drug-likeness (QED) is 0.811. The second-order valence-corrected chi connectivity index (χ2v) is 5.64. The molecule has 1 aromatic heterocycles. The number of hydrogen-bond acceptors (Lipinski definition) is 3. The number of carbonyl (C=O) groups is 1. The van der Waals surface area contributed by atoms with Crippen molar-refractivity contribution in [1.29, 1.82) is 0 Å². The Bertz CT molecular complexity index is 637. The summed E-state index contributed by atoms with van der Waals surface area (Å²) in [5.74, 6) is 0.377. The summed E-state index contributed by atoms with van der Waals surface area (Å²) < 4.78 is 4.80. The second kappa shape index (κ2) is 6.08. The lowest BCUT2D eigenvalue weighted by Crippen LogP contribution is -2.17. The molecule has 108 valence electrons. The highest BCUT2D eigenvalue weighted by atomic mass is 16.5. The standard InChI is InChI=1S/C18H19NO2/c1-21-18(20)16-5-4-15-3-2-14(11-17(15)12-16)10-13-6-8-19-9-7-13/h4-9,12,14H,2-3,10-11H2,1H3. The SMILES string of the molecule is COC(=O)c1ccc2c(c1)CC(Cc1ccncc1)CC2. The molecule has 1 atom stereocenters. The number of aromatic nitrogens is 1. The maximum atomic E-state index is 11.6. The van der Waals surface area contributed by atoms with Crippen LogP contribution in [0.5, 0.6) is 0 Å². The Labute approximate surface area is 125 Å². The minimum atomic E-state index is -0.256. The summed E-state index contributed by atoms with van der Waals surface area (Å²) in [6.07, 6.45) is 8.09. The van der Waals surface area contributed by atoms with E-state index in [4.69, 9.17) is 4.74 Å². The van der Waals surface area contributed by atoms with Gasteiger partial charge < -0.3 is 4.74 Å². The summed E-state index contributed by atoms with van der Waals surface area (Å²) >= 11 is 0. The number of rotatable bonds is 3. The van der Waals surface area contributed by atoms with Gasteiger partial charge in [-0.1, -0.05) is 6.07 Å². The third-order valence-corrected chi connectivity index (χ3v) is 4.23. The van der Waals surface area contributed by atoms with E-state index in [0.29, 0.717) is 11.5 Å². The minimum absolute atomic E-state index is 0.256. The van der Waals surface area contributed by atoms with Gasteiger partial charge in [-0.2, -0.15) is 0 Å². The Morgan fingerprint density at radius 1 is 1.24 bits per heavy atom. The fourth-order valence-electron chi connectivity index (χ4n) is 3.10. The van der Waals surface area contributed by atoms with Gasteiger partial charge in [-0.3, -0.25) is 4.98 Å². The molecule has 1 aliphatic carbocycles. The molecular weight excluding hydrogens is 262 g/mol. The van der Waals surface area contributed by atoms with Gasteiger partial charge in [-0.25, -0.2) is 4.79 Å². The molecule has 3 rings (SSSR count). The van der Waals surface area contributed by atoms with E-state index in [2.05, 4.69) is 23.2 Å². The molecule has 0 N–H and O–H groups in total. The highest BCUT2D eigenvalue weighted by molar-refractivity contribution is 5.89. The molecule has 0 radical (unpaired) electrons. The third-order valence-electron chi connectivity index (χ3n) is 4.23. The Morgan fingerprint density at radius 2 is 2.05 bits per heavy atom. The Kier molecular flexibility index (Phi) is 4.00. The van der Waals surface area contributed by atoms with Gasteiger partial charge in [0, 0.05) is 12.4 Å². The predicted octanol–water partition coefficient (Wildman–Crippen LogP) is 3.22. The van der Waals surface area contributed by atoms with Crippen LogP contribution in [0, 0.1) is 5.92 Å². The van der Waals surface area contributed by atoms with E-state index in [9.17, 15) is 4.79 Å². The van der Waals surface area contributed by atoms with Crippen molar-refractivity contribution in [3.8, 4) is 0 Å². The van der Waals surface area contributed by atoms with Crippen LogP contribution in [-0.4, -0.2) is 18.1 Å². The van der Waals surface area contributed by atoms with Crippen LogP contribution >= 0.6 is 0 Å². The number of esters is 1. The minimum Gasteiger partial charge on any atom is -0.465 e. The second-order valence-electron chi connectivity index (χ2n) is 5.64. The zero-order valence-corrected chi connectivity index (χ0v) is 12.2. The molecule has 0 saturated carbocycles. The monoisotopic (exact) mass is 281 g/mol. The van der Waals surface area contributed by atoms with E-state index in [0.717, 1.165) is 19.3 Å². The smallest absolute Gasteiger partial charge is 0.337 e. The van der Waals surface area contributed by atoms with Crippen LogP contribution in [0.3, 0.4) is 0 Å². The van der Waals surface area contributed by atoms with Crippen molar-refractivity contribution < 1.29 is 9.53 Å². The highest BCUT2D eigenvalue weighted by Gasteiger charge is 2.20. The van der Waals surface area contributed by atoms with Crippen molar-refractivity contribution in [2.75, 3.05) is 7.11 Å². The van der Waals surface area contributed by atoms with Gasteiger partial charge in [0.2, 0.25) is 0 Å². The summed E-state index contributed by atoms with van der Waals surface area (Å²) in [6.45, 7) is 0. The van der Waals surface area contributed by atoms with Crippen molar-refractivity contribution in [3.63, 3.8) is 0 Å². The zero-order valence-electron chi connectivity index (χ0n) is 12.2. The largest absolute Gasteiger partial charge is 0.465 e. The molecule has 0 aliphatic heterocycles. The van der Waals surface area contributed by atoms with Crippen molar-refractivity contribution in [3.05, 3.63) is 65.0 Å². The summed E-state index contributed by atoms with van der Waals surface area (Å²) in [6, 6.07) is 10.1. The van der Waals surface area contributed by atoms with Crippen LogP contribution in [0.15, 0.2) is 42.7 Å². The van der Waals surface area contributed by atoms with Crippen molar-refractivity contribution in [2.24, 2.45) is 5.92 Å². The maximum Gasteiger partial charge on any atom is 0.337 e. The van der Waals surface area contributed by atoms with E-state index in [1.54, 1.807) is 0 Å². The van der Waals surface area contributed by atoms with Gasteiger partial charge in [-0.05, 0) is 72.6 Å². The van der Waals surface area contributed by atoms with Crippen molar-refractivity contribution in [1.82, 2.24) is 4.98 Å². The van der Waals surface area contributed by atoms with Crippen LogP contribution in [0.1, 0.15) is 33.5 Å². The molecule has 1 heterocycles. The lowest BCUT2D eigenvalue weighted by atomic mass is 9.80. The van der Waals surface area contributed by atoms with Crippen LogP contribution in [0.2, 0.25) is 0 Å². The average Bonchev–Trinajstić information content (AvgIpc) is 2.54. The molecule has 0 amide bonds. The molecule has 0 fully saturated rings. The van der Waals surface area contributed by atoms with E-state index in [1.165, 1.54) is 30.2 Å². The van der Waals surface area contributed by atoms with Crippen LogP contribution < -0.4 is 0 Å². The van der Waals surface area contributed by atoms with E-state index in [1.807, 2.05) is 24.5 Å². The number of fused-ring (bicyclic) bond motifs is 1. The van der Waals surface area contributed by atoms with E-state index in [-0.39, 0.29) is 5.97 Å². The fraction of sp³-hybridized carbons (Fsp3) is 0.333. The number of ether oxygens (including phenoxy) is 1. The molecule has 21 heavy (non-hydrogen) atoms. The number of carbonyl (C=O) groups excluding carboxylic acids is 1. The molecule has 1 aliphatic rings. The van der Waals surface area contributed by atoms with Crippen LogP contribution in [0.4, 0.5) is 0 Å². The van der Waals surface area contributed by atoms with E-state index < -0.39 is 0 Å². The van der Waals surface area contributed by atoms with Gasteiger partial charge in [0.05, 0.1) is 12.7 Å². The first kappa shape index (κ1) is 13.8. The normalized spacial score (nSPS) is 17.1. The van der Waals surface area contributed by atoms with Crippen LogP contribution in [-0.2, 0) is 24.0 Å². The first-order valence-corrected chi connectivity index (χ1v) is 7.35. The third kappa shape index (κ3) is 3.13. The fourth-order valence-corrected chi connectivity index (χ4v) is 3.10. The zero-order chi connectivity index (χ0) is 14.7. The summed E-state index contributed by atoms with van der Waals surface area (Å²) in [4.78, 5) is 15.7. The predicted molar refractivity (Wildman–Crippen MR) is 81.2 cm³/mol.